The Morgan fingerprint density at radius 2 is 2.18 bits per heavy atom. The molecular formula is C19H20N6O3. The second kappa shape index (κ2) is 8.13. The van der Waals surface area contributed by atoms with Crippen LogP contribution in [0, 0.1) is 6.92 Å². The lowest BCUT2D eigenvalue weighted by Gasteiger charge is -2.11. The Balaban J connectivity index is 1.41. The average Bonchev–Trinajstić information content (AvgIpc) is 3.39. The Labute approximate surface area is 161 Å². The highest BCUT2D eigenvalue weighted by Crippen LogP contribution is 2.16. The Morgan fingerprint density at radius 1 is 1.32 bits per heavy atom. The summed E-state index contributed by atoms with van der Waals surface area (Å²) >= 11 is 0. The first-order valence-corrected chi connectivity index (χ1v) is 9.02. The molecule has 1 aliphatic heterocycles. The van der Waals surface area contributed by atoms with Gasteiger partial charge >= 0.3 is 0 Å². The quantitative estimate of drug-likeness (QED) is 0.690. The van der Waals surface area contributed by atoms with Gasteiger partial charge in [0.1, 0.15) is 6.10 Å². The number of ether oxygens (including phenoxy) is 2. The first kappa shape index (κ1) is 18.1. The summed E-state index contributed by atoms with van der Waals surface area (Å²) in [7, 11) is 0. The molecule has 1 aliphatic rings. The third kappa shape index (κ3) is 4.15. The van der Waals surface area contributed by atoms with Crippen molar-refractivity contribution < 1.29 is 14.3 Å². The van der Waals surface area contributed by atoms with Gasteiger partial charge in [0, 0.05) is 24.2 Å². The summed E-state index contributed by atoms with van der Waals surface area (Å²) in [6.07, 6.45) is 2.35. The molecule has 1 unspecified atom stereocenters. The fraction of sp³-hybridized carbons (Fsp3) is 0.316. The minimum Gasteiger partial charge on any atom is -0.472 e. The van der Waals surface area contributed by atoms with Crippen LogP contribution in [0.2, 0.25) is 0 Å². The van der Waals surface area contributed by atoms with Gasteiger partial charge in [-0.15, -0.1) is 5.10 Å². The molecule has 1 atom stereocenters. The number of hydrogen-bond donors (Lipinski definition) is 1. The second-order valence-corrected chi connectivity index (χ2v) is 6.51. The van der Waals surface area contributed by atoms with Gasteiger partial charge < -0.3 is 14.8 Å². The third-order valence-corrected chi connectivity index (χ3v) is 4.39. The van der Waals surface area contributed by atoms with Crippen LogP contribution in [-0.2, 0) is 11.3 Å². The molecule has 0 aliphatic carbocycles. The van der Waals surface area contributed by atoms with Crippen LogP contribution in [0.3, 0.4) is 0 Å². The molecule has 9 heteroatoms. The first-order chi connectivity index (χ1) is 13.7. The summed E-state index contributed by atoms with van der Waals surface area (Å²) in [6.45, 7) is 3.42. The molecule has 1 aromatic carbocycles. The van der Waals surface area contributed by atoms with Crippen molar-refractivity contribution in [3.05, 3.63) is 59.5 Å². The van der Waals surface area contributed by atoms with Crippen LogP contribution < -0.4 is 10.1 Å². The van der Waals surface area contributed by atoms with Gasteiger partial charge in [-0.3, -0.25) is 4.79 Å². The molecule has 0 bridgehead atoms. The first-order valence-electron chi connectivity index (χ1n) is 9.02. The van der Waals surface area contributed by atoms with Gasteiger partial charge in [-0.2, -0.15) is 4.68 Å². The summed E-state index contributed by atoms with van der Waals surface area (Å²) in [5.74, 6) is 0.687. The standard InChI is InChI=1S/C19H20N6O3/c1-13-2-4-15(5-3-13)25-17(22-23-24-25)11-21-19(26)14-6-8-20-18(10-14)28-16-7-9-27-12-16/h2-6,8,10,16H,7,9,11-12H2,1H3,(H,21,26). The summed E-state index contributed by atoms with van der Waals surface area (Å²) in [4.78, 5) is 16.7. The molecule has 144 valence electrons. The fourth-order valence-corrected chi connectivity index (χ4v) is 2.86. The summed E-state index contributed by atoms with van der Waals surface area (Å²) in [5, 5.41) is 14.5. The van der Waals surface area contributed by atoms with Crippen LogP contribution >= 0.6 is 0 Å². The molecular weight excluding hydrogens is 360 g/mol. The van der Waals surface area contributed by atoms with Crippen molar-refractivity contribution in [3.8, 4) is 11.6 Å². The van der Waals surface area contributed by atoms with E-state index in [-0.39, 0.29) is 18.6 Å². The SMILES string of the molecule is Cc1ccc(-n2nnnc2CNC(=O)c2ccnc(OC3CCOC3)c2)cc1. The number of tetrazole rings is 1. The zero-order chi connectivity index (χ0) is 19.3. The van der Waals surface area contributed by atoms with E-state index in [1.807, 2.05) is 31.2 Å². The monoisotopic (exact) mass is 380 g/mol. The molecule has 1 fully saturated rings. The number of aromatic nitrogens is 5. The molecule has 28 heavy (non-hydrogen) atoms. The number of nitrogens with one attached hydrogen (secondary N) is 1. The predicted molar refractivity (Wildman–Crippen MR) is 99.2 cm³/mol. The maximum absolute atomic E-state index is 12.5. The summed E-state index contributed by atoms with van der Waals surface area (Å²) in [5.41, 5.74) is 2.43. The highest BCUT2D eigenvalue weighted by atomic mass is 16.5. The van der Waals surface area contributed by atoms with Gasteiger partial charge in [0.2, 0.25) is 5.88 Å². The van der Waals surface area contributed by atoms with Gasteiger partial charge in [0.15, 0.2) is 5.82 Å². The number of aryl methyl sites for hydroxylation is 1. The molecule has 1 amide bonds. The average molecular weight is 380 g/mol. The molecule has 1 N–H and O–H groups in total. The summed E-state index contributed by atoms with van der Waals surface area (Å²) in [6, 6.07) is 11.1. The van der Waals surface area contributed by atoms with Gasteiger partial charge in [0.05, 0.1) is 25.4 Å². The minimum absolute atomic E-state index is 0.0232. The topological polar surface area (TPSA) is 104 Å². The number of hydrogen-bond acceptors (Lipinski definition) is 7. The van der Waals surface area contributed by atoms with Gasteiger partial charge in [-0.1, -0.05) is 17.7 Å². The van der Waals surface area contributed by atoms with Gasteiger partial charge in [-0.05, 0) is 35.5 Å². The Hall–Kier alpha value is -3.33. The van der Waals surface area contributed by atoms with Crippen molar-refractivity contribution in [3.63, 3.8) is 0 Å². The van der Waals surface area contributed by atoms with E-state index in [1.165, 1.54) is 0 Å². The second-order valence-electron chi connectivity index (χ2n) is 6.51. The maximum Gasteiger partial charge on any atom is 0.251 e. The fourth-order valence-electron chi connectivity index (χ4n) is 2.86. The normalized spacial score (nSPS) is 16.1. The van der Waals surface area contributed by atoms with Crippen LogP contribution in [0.25, 0.3) is 5.69 Å². The molecule has 3 aromatic rings. The van der Waals surface area contributed by atoms with Crippen molar-refractivity contribution in [1.82, 2.24) is 30.5 Å². The number of amides is 1. The van der Waals surface area contributed by atoms with Crippen LogP contribution in [-0.4, -0.2) is 50.4 Å². The Kier molecular flexibility index (Phi) is 5.24. The lowest BCUT2D eigenvalue weighted by molar-refractivity contribution is 0.0948. The zero-order valence-corrected chi connectivity index (χ0v) is 15.4. The molecule has 0 radical (unpaired) electrons. The van der Waals surface area contributed by atoms with Crippen LogP contribution in [0.15, 0.2) is 42.6 Å². The Morgan fingerprint density at radius 3 is 2.96 bits per heavy atom. The number of pyridine rings is 1. The molecule has 0 saturated carbocycles. The number of carbonyl (C=O) groups is 1. The predicted octanol–water partition coefficient (Wildman–Crippen LogP) is 1.46. The van der Waals surface area contributed by atoms with E-state index < -0.39 is 0 Å². The van der Waals surface area contributed by atoms with E-state index in [0.717, 1.165) is 17.7 Å². The number of nitrogens with zero attached hydrogens (tertiary/aromatic N) is 5. The van der Waals surface area contributed by atoms with Crippen molar-refractivity contribution in [1.29, 1.82) is 0 Å². The van der Waals surface area contributed by atoms with E-state index in [2.05, 4.69) is 25.8 Å². The lowest BCUT2D eigenvalue weighted by Crippen LogP contribution is -2.25. The molecule has 4 rings (SSSR count). The molecule has 0 spiro atoms. The van der Waals surface area contributed by atoms with E-state index in [4.69, 9.17) is 9.47 Å². The minimum atomic E-state index is -0.256. The highest BCUT2D eigenvalue weighted by molar-refractivity contribution is 5.94. The highest BCUT2D eigenvalue weighted by Gasteiger charge is 2.18. The zero-order valence-electron chi connectivity index (χ0n) is 15.4. The lowest BCUT2D eigenvalue weighted by atomic mass is 10.2. The molecule has 9 nitrogen and oxygen atoms in total. The number of rotatable bonds is 6. The van der Waals surface area contributed by atoms with Crippen molar-refractivity contribution in [2.45, 2.75) is 26.0 Å². The van der Waals surface area contributed by atoms with Crippen molar-refractivity contribution in [2.24, 2.45) is 0 Å². The van der Waals surface area contributed by atoms with Crippen molar-refractivity contribution >= 4 is 5.91 Å². The Bertz CT molecular complexity index is 950. The van der Waals surface area contributed by atoms with E-state index in [0.29, 0.717) is 30.5 Å². The van der Waals surface area contributed by atoms with Gasteiger partial charge in [-0.25, -0.2) is 4.98 Å². The van der Waals surface area contributed by atoms with E-state index in [9.17, 15) is 4.79 Å². The molecule has 3 heterocycles. The number of benzene rings is 1. The van der Waals surface area contributed by atoms with E-state index in [1.54, 1.807) is 23.0 Å². The van der Waals surface area contributed by atoms with E-state index >= 15 is 0 Å². The van der Waals surface area contributed by atoms with Crippen LogP contribution in [0.5, 0.6) is 5.88 Å². The van der Waals surface area contributed by atoms with Gasteiger partial charge in [0.25, 0.3) is 5.91 Å². The maximum atomic E-state index is 12.5. The number of carbonyl (C=O) groups excluding carboxylic acids is 1. The molecule has 2 aromatic heterocycles. The van der Waals surface area contributed by atoms with Crippen LogP contribution in [0.1, 0.15) is 28.2 Å². The third-order valence-electron chi connectivity index (χ3n) is 4.39. The smallest absolute Gasteiger partial charge is 0.251 e. The molecule has 1 saturated heterocycles. The van der Waals surface area contributed by atoms with Crippen LogP contribution in [0.4, 0.5) is 0 Å². The van der Waals surface area contributed by atoms with Crippen molar-refractivity contribution in [2.75, 3.05) is 13.2 Å². The largest absolute Gasteiger partial charge is 0.472 e. The summed E-state index contributed by atoms with van der Waals surface area (Å²) < 4.78 is 12.6.